The van der Waals surface area contributed by atoms with Crippen LogP contribution in [0.25, 0.3) is 0 Å². The SMILES string of the molecule is COC1(c2ccncc2)C=CC(Cl)=CN1. The topological polar surface area (TPSA) is 34.1 Å². The molecule has 1 atom stereocenters. The maximum Gasteiger partial charge on any atom is 0.184 e. The zero-order chi connectivity index (χ0) is 10.7. The van der Waals surface area contributed by atoms with Crippen molar-refractivity contribution in [2.75, 3.05) is 7.11 Å². The van der Waals surface area contributed by atoms with Gasteiger partial charge in [-0.2, -0.15) is 0 Å². The fraction of sp³-hybridized carbons (Fsp3) is 0.182. The molecule has 0 amide bonds. The van der Waals surface area contributed by atoms with E-state index in [4.69, 9.17) is 16.3 Å². The molecule has 0 spiro atoms. The van der Waals surface area contributed by atoms with Gasteiger partial charge in [0, 0.05) is 31.3 Å². The molecule has 0 saturated carbocycles. The zero-order valence-corrected chi connectivity index (χ0v) is 9.03. The lowest BCUT2D eigenvalue weighted by Gasteiger charge is -2.32. The molecule has 1 aliphatic heterocycles. The first kappa shape index (κ1) is 10.2. The molecule has 15 heavy (non-hydrogen) atoms. The maximum absolute atomic E-state index is 5.83. The molecule has 0 fully saturated rings. The Kier molecular flexibility index (Phi) is 2.75. The average Bonchev–Trinajstić information content (AvgIpc) is 2.32. The fourth-order valence-electron chi connectivity index (χ4n) is 1.49. The van der Waals surface area contributed by atoms with Gasteiger partial charge in [0.05, 0.1) is 5.03 Å². The standard InChI is InChI=1S/C11H11ClN2O/c1-15-11(5-2-10(12)8-14-11)9-3-6-13-7-4-9/h2-8,14H,1H3. The average molecular weight is 223 g/mol. The number of nitrogens with zero attached hydrogens (tertiary/aromatic N) is 1. The largest absolute Gasteiger partial charge is 0.355 e. The van der Waals surface area contributed by atoms with Crippen molar-refractivity contribution >= 4 is 11.6 Å². The van der Waals surface area contributed by atoms with Gasteiger partial charge < -0.3 is 10.1 Å². The van der Waals surface area contributed by atoms with Gasteiger partial charge >= 0.3 is 0 Å². The van der Waals surface area contributed by atoms with Gasteiger partial charge in [0.15, 0.2) is 5.72 Å². The minimum Gasteiger partial charge on any atom is -0.355 e. The van der Waals surface area contributed by atoms with E-state index in [1.165, 1.54) is 0 Å². The van der Waals surface area contributed by atoms with Crippen LogP contribution in [0.5, 0.6) is 0 Å². The molecule has 78 valence electrons. The number of ether oxygens (including phenoxy) is 1. The van der Waals surface area contributed by atoms with Crippen molar-refractivity contribution in [3.63, 3.8) is 0 Å². The highest BCUT2D eigenvalue weighted by Crippen LogP contribution is 2.27. The highest BCUT2D eigenvalue weighted by atomic mass is 35.5. The molecule has 0 bridgehead atoms. The van der Waals surface area contributed by atoms with Crippen LogP contribution in [0.3, 0.4) is 0 Å². The summed E-state index contributed by atoms with van der Waals surface area (Å²) < 4.78 is 5.48. The second kappa shape index (κ2) is 4.04. The first-order valence-corrected chi connectivity index (χ1v) is 4.93. The van der Waals surface area contributed by atoms with E-state index in [1.54, 1.807) is 25.7 Å². The number of halogens is 1. The van der Waals surface area contributed by atoms with Crippen LogP contribution < -0.4 is 5.32 Å². The summed E-state index contributed by atoms with van der Waals surface area (Å²) in [5, 5.41) is 3.77. The first-order chi connectivity index (χ1) is 7.27. The molecule has 1 N–H and O–H groups in total. The summed E-state index contributed by atoms with van der Waals surface area (Å²) in [7, 11) is 1.64. The van der Waals surface area contributed by atoms with Crippen molar-refractivity contribution in [3.05, 3.63) is 53.5 Å². The molecule has 4 heteroatoms. The second-order valence-electron chi connectivity index (χ2n) is 3.18. The normalized spacial score (nSPS) is 24.5. The molecule has 1 aromatic rings. The lowest BCUT2D eigenvalue weighted by Crippen LogP contribution is -2.40. The van der Waals surface area contributed by atoms with Gasteiger partial charge in [-0.25, -0.2) is 0 Å². The molecular weight excluding hydrogens is 212 g/mol. The predicted octanol–water partition coefficient (Wildman–Crippen LogP) is 2.12. The number of hydrogen-bond acceptors (Lipinski definition) is 3. The Morgan fingerprint density at radius 2 is 2.13 bits per heavy atom. The summed E-state index contributed by atoms with van der Waals surface area (Å²) >= 11 is 5.83. The molecule has 1 aliphatic rings. The Bertz CT molecular complexity index is 402. The molecule has 0 aliphatic carbocycles. The van der Waals surface area contributed by atoms with Crippen LogP contribution in [0.1, 0.15) is 5.56 Å². The quantitative estimate of drug-likeness (QED) is 0.833. The Morgan fingerprint density at radius 1 is 1.40 bits per heavy atom. The van der Waals surface area contributed by atoms with Crippen LogP contribution in [0.2, 0.25) is 0 Å². The Hall–Kier alpha value is -1.32. The third-order valence-corrected chi connectivity index (χ3v) is 2.57. The van der Waals surface area contributed by atoms with Crippen LogP contribution in [0.4, 0.5) is 0 Å². The van der Waals surface area contributed by atoms with Gasteiger partial charge in [0.2, 0.25) is 0 Å². The minimum atomic E-state index is -0.638. The summed E-state index contributed by atoms with van der Waals surface area (Å²) in [4.78, 5) is 3.97. The number of allylic oxidation sites excluding steroid dienone is 2. The van der Waals surface area contributed by atoms with Crippen molar-refractivity contribution in [2.45, 2.75) is 5.72 Å². The second-order valence-corrected chi connectivity index (χ2v) is 3.62. The summed E-state index contributed by atoms with van der Waals surface area (Å²) in [5.41, 5.74) is 0.345. The number of nitrogens with one attached hydrogen (secondary N) is 1. The summed E-state index contributed by atoms with van der Waals surface area (Å²) in [6.45, 7) is 0. The molecule has 1 unspecified atom stereocenters. The van der Waals surface area contributed by atoms with Crippen molar-refractivity contribution < 1.29 is 4.74 Å². The lowest BCUT2D eigenvalue weighted by atomic mass is 10.0. The molecule has 3 nitrogen and oxygen atoms in total. The molecule has 0 saturated heterocycles. The van der Waals surface area contributed by atoms with E-state index in [2.05, 4.69) is 10.3 Å². The molecule has 0 radical (unpaired) electrons. The van der Waals surface area contributed by atoms with Gasteiger partial charge in [-0.1, -0.05) is 11.6 Å². The first-order valence-electron chi connectivity index (χ1n) is 4.55. The summed E-state index contributed by atoms with van der Waals surface area (Å²) in [6, 6.07) is 3.79. The van der Waals surface area contributed by atoms with Crippen LogP contribution in [-0.4, -0.2) is 12.1 Å². The van der Waals surface area contributed by atoms with E-state index < -0.39 is 5.72 Å². The van der Waals surface area contributed by atoms with Gasteiger partial charge in [0.1, 0.15) is 0 Å². The van der Waals surface area contributed by atoms with E-state index >= 15 is 0 Å². The monoisotopic (exact) mass is 222 g/mol. The Labute approximate surface area is 93.4 Å². The van der Waals surface area contributed by atoms with Crippen LogP contribution in [-0.2, 0) is 10.5 Å². The van der Waals surface area contributed by atoms with E-state index in [0.29, 0.717) is 5.03 Å². The van der Waals surface area contributed by atoms with E-state index in [0.717, 1.165) is 5.56 Å². The highest BCUT2D eigenvalue weighted by molar-refractivity contribution is 6.31. The van der Waals surface area contributed by atoms with Crippen molar-refractivity contribution in [2.24, 2.45) is 0 Å². The number of rotatable bonds is 2. The molecule has 1 aromatic heterocycles. The molecule has 0 aromatic carbocycles. The molecule has 2 heterocycles. The van der Waals surface area contributed by atoms with Crippen LogP contribution in [0.15, 0.2) is 47.9 Å². The van der Waals surface area contributed by atoms with Crippen molar-refractivity contribution in [1.82, 2.24) is 10.3 Å². The number of hydrogen-bond donors (Lipinski definition) is 1. The van der Waals surface area contributed by atoms with E-state index in [-0.39, 0.29) is 0 Å². The van der Waals surface area contributed by atoms with Crippen molar-refractivity contribution in [3.8, 4) is 0 Å². The maximum atomic E-state index is 5.83. The highest BCUT2D eigenvalue weighted by Gasteiger charge is 2.29. The van der Waals surface area contributed by atoms with Crippen LogP contribution in [0, 0.1) is 0 Å². The number of methoxy groups -OCH3 is 1. The third kappa shape index (κ3) is 1.89. The summed E-state index contributed by atoms with van der Waals surface area (Å²) in [6.07, 6.45) is 8.86. The summed E-state index contributed by atoms with van der Waals surface area (Å²) in [5.74, 6) is 0. The number of dihydropyridines is 1. The third-order valence-electron chi connectivity index (χ3n) is 2.33. The van der Waals surface area contributed by atoms with Gasteiger partial charge in [-0.3, -0.25) is 4.98 Å². The van der Waals surface area contributed by atoms with Gasteiger partial charge in [0.25, 0.3) is 0 Å². The zero-order valence-electron chi connectivity index (χ0n) is 8.27. The van der Waals surface area contributed by atoms with Crippen LogP contribution >= 0.6 is 11.6 Å². The smallest absolute Gasteiger partial charge is 0.184 e. The molecular formula is C11H11ClN2O. The van der Waals surface area contributed by atoms with Gasteiger partial charge in [-0.15, -0.1) is 0 Å². The predicted molar refractivity (Wildman–Crippen MR) is 59.1 cm³/mol. The fourth-order valence-corrected chi connectivity index (χ4v) is 1.61. The van der Waals surface area contributed by atoms with Gasteiger partial charge in [-0.05, 0) is 24.3 Å². The van der Waals surface area contributed by atoms with E-state index in [1.807, 2.05) is 24.3 Å². The molecule has 2 rings (SSSR count). The van der Waals surface area contributed by atoms with E-state index in [9.17, 15) is 0 Å². The Balaban J connectivity index is 2.37. The lowest BCUT2D eigenvalue weighted by molar-refractivity contribution is 0.00900. The number of aromatic nitrogens is 1. The number of pyridine rings is 1. The Morgan fingerprint density at radius 3 is 2.67 bits per heavy atom. The minimum absolute atomic E-state index is 0.638. The van der Waals surface area contributed by atoms with Crippen molar-refractivity contribution in [1.29, 1.82) is 0 Å².